The van der Waals surface area contributed by atoms with Crippen LogP contribution in [0.1, 0.15) is 32.8 Å². The number of carbonyl (C=O) groups excluding carboxylic acids is 2. The fourth-order valence-electron chi connectivity index (χ4n) is 2.66. The van der Waals surface area contributed by atoms with E-state index in [4.69, 9.17) is 21.7 Å². The predicted molar refractivity (Wildman–Crippen MR) is 102 cm³/mol. The van der Waals surface area contributed by atoms with Crippen molar-refractivity contribution in [1.82, 2.24) is 14.9 Å². The maximum Gasteiger partial charge on any atom is 0.416 e. The van der Waals surface area contributed by atoms with Crippen LogP contribution in [-0.4, -0.2) is 40.4 Å². The van der Waals surface area contributed by atoms with E-state index < -0.39 is 35.4 Å². The number of fused-ring (bicyclic) bond motifs is 1. The minimum Gasteiger partial charge on any atom is -0.467 e. The van der Waals surface area contributed by atoms with E-state index in [2.05, 4.69) is 10.3 Å². The molecule has 11 heteroatoms. The second-order valence-corrected chi connectivity index (χ2v) is 7.71. The van der Waals surface area contributed by atoms with Gasteiger partial charge in [0.25, 0.3) is 0 Å². The van der Waals surface area contributed by atoms with Gasteiger partial charge in [-0.3, -0.25) is 0 Å². The molecule has 1 aromatic heterocycles. The molecule has 7 nitrogen and oxygen atoms in total. The normalized spacial score (nSPS) is 13.2. The van der Waals surface area contributed by atoms with E-state index >= 15 is 0 Å². The topological polar surface area (TPSA) is 85.4 Å². The van der Waals surface area contributed by atoms with Gasteiger partial charge >= 0.3 is 18.2 Å². The molecule has 0 unspecified atom stereocenters. The van der Waals surface area contributed by atoms with Gasteiger partial charge < -0.3 is 24.3 Å². The Balaban J connectivity index is 2.21. The molecule has 0 fully saturated rings. The average Bonchev–Trinajstić information content (AvgIpc) is 2.89. The van der Waals surface area contributed by atoms with Crippen LogP contribution in [0.15, 0.2) is 18.2 Å². The van der Waals surface area contributed by atoms with Crippen LogP contribution in [0.25, 0.3) is 11.0 Å². The van der Waals surface area contributed by atoms with E-state index in [9.17, 15) is 22.8 Å². The SMILES string of the molecule is COC(=O)[C@H](CCn1c(=S)[nH]c2cc(C(F)(F)F)ccc21)NC(=O)OC(C)(C)C. The summed E-state index contributed by atoms with van der Waals surface area (Å²) in [7, 11) is 1.18. The summed E-state index contributed by atoms with van der Waals surface area (Å²) in [5.41, 5.74) is -0.879. The second kappa shape index (κ2) is 8.44. The van der Waals surface area contributed by atoms with Crippen molar-refractivity contribution < 1.29 is 32.2 Å². The van der Waals surface area contributed by atoms with Gasteiger partial charge in [0, 0.05) is 6.54 Å². The number of aryl methyl sites for hydroxylation is 1. The van der Waals surface area contributed by atoms with Gasteiger partial charge in [0.05, 0.1) is 23.7 Å². The molecular weight excluding hydrogens is 411 g/mol. The molecule has 1 amide bonds. The molecule has 1 heterocycles. The Morgan fingerprint density at radius 1 is 1.28 bits per heavy atom. The zero-order chi connectivity index (χ0) is 22.0. The first-order chi connectivity index (χ1) is 13.3. The van der Waals surface area contributed by atoms with Crippen molar-refractivity contribution in [1.29, 1.82) is 0 Å². The monoisotopic (exact) mass is 433 g/mol. The number of alkyl halides is 3. The summed E-state index contributed by atoms with van der Waals surface area (Å²) in [6.07, 6.45) is -5.17. The fraction of sp³-hybridized carbons (Fsp3) is 0.500. The predicted octanol–water partition coefficient (Wildman–Crippen LogP) is 4.17. The molecule has 0 saturated heterocycles. The van der Waals surface area contributed by atoms with Crippen LogP contribution in [0, 0.1) is 4.77 Å². The number of nitrogens with zero attached hydrogens (tertiary/aromatic N) is 1. The van der Waals surface area contributed by atoms with Crippen LogP contribution in [0.4, 0.5) is 18.0 Å². The van der Waals surface area contributed by atoms with E-state index in [0.29, 0.717) is 5.52 Å². The molecule has 0 aliphatic heterocycles. The Kier molecular flexibility index (Phi) is 6.61. The van der Waals surface area contributed by atoms with Crippen LogP contribution in [0.3, 0.4) is 0 Å². The third kappa shape index (κ3) is 5.96. The van der Waals surface area contributed by atoms with Crippen molar-refractivity contribution >= 4 is 35.3 Å². The van der Waals surface area contributed by atoms with E-state index in [1.807, 2.05) is 0 Å². The lowest BCUT2D eigenvalue weighted by molar-refractivity contribution is -0.143. The smallest absolute Gasteiger partial charge is 0.416 e. The minimum atomic E-state index is -4.47. The number of imidazole rings is 1. The van der Waals surface area contributed by atoms with E-state index in [-0.39, 0.29) is 23.3 Å². The highest BCUT2D eigenvalue weighted by Gasteiger charge is 2.31. The van der Waals surface area contributed by atoms with Gasteiger partial charge in [0.1, 0.15) is 11.6 Å². The number of H-pyrrole nitrogens is 1. The summed E-state index contributed by atoms with van der Waals surface area (Å²) in [4.78, 5) is 26.7. The summed E-state index contributed by atoms with van der Waals surface area (Å²) in [6.45, 7) is 5.19. The Hall–Kier alpha value is -2.56. The standard InChI is InChI=1S/C18H22F3N3O4S/c1-17(2,3)28-16(26)23-11(14(25)27-4)7-8-24-13-6-5-10(18(19,20)21)9-12(13)22-15(24)29/h5-6,9,11H,7-8H2,1-4H3,(H,22,29)(H,23,26)/t11-/m0/s1. The zero-order valence-electron chi connectivity index (χ0n) is 16.3. The van der Waals surface area contributed by atoms with E-state index in [1.54, 1.807) is 25.3 Å². The molecule has 160 valence electrons. The molecule has 2 aromatic rings. The second-order valence-electron chi connectivity index (χ2n) is 7.32. The molecule has 0 spiro atoms. The number of aromatic amines is 1. The maximum absolute atomic E-state index is 12.9. The number of methoxy groups -OCH3 is 1. The fourth-order valence-corrected chi connectivity index (χ4v) is 2.96. The highest BCUT2D eigenvalue weighted by Crippen LogP contribution is 2.31. The Bertz CT molecular complexity index is 960. The molecule has 1 aromatic carbocycles. The zero-order valence-corrected chi connectivity index (χ0v) is 17.2. The lowest BCUT2D eigenvalue weighted by atomic mass is 10.2. The number of benzene rings is 1. The Morgan fingerprint density at radius 2 is 1.93 bits per heavy atom. The molecule has 0 aliphatic rings. The van der Waals surface area contributed by atoms with Gasteiger partial charge in [-0.15, -0.1) is 0 Å². The van der Waals surface area contributed by atoms with E-state index in [1.165, 1.54) is 13.2 Å². The molecular formula is C18H22F3N3O4S. The largest absolute Gasteiger partial charge is 0.467 e. The summed E-state index contributed by atoms with van der Waals surface area (Å²) < 4.78 is 50.3. The third-order valence-corrected chi connectivity index (χ3v) is 4.24. The molecule has 29 heavy (non-hydrogen) atoms. The van der Waals surface area contributed by atoms with Crippen molar-refractivity contribution in [3.05, 3.63) is 28.5 Å². The average molecular weight is 433 g/mol. The van der Waals surface area contributed by atoms with Gasteiger partial charge in [0.2, 0.25) is 0 Å². The lowest BCUT2D eigenvalue weighted by Gasteiger charge is -2.22. The van der Waals surface area contributed by atoms with Gasteiger partial charge in [0.15, 0.2) is 4.77 Å². The summed E-state index contributed by atoms with van der Waals surface area (Å²) in [5, 5.41) is 2.44. The number of esters is 1. The number of hydrogen-bond acceptors (Lipinski definition) is 5. The number of aromatic nitrogens is 2. The highest BCUT2D eigenvalue weighted by molar-refractivity contribution is 7.71. The van der Waals surface area contributed by atoms with Gasteiger partial charge in [-0.25, -0.2) is 9.59 Å². The lowest BCUT2D eigenvalue weighted by Crippen LogP contribution is -2.44. The molecule has 0 radical (unpaired) electrons. The Labute approximate surface area is 170 Å². The van der Waals surface area contributed by atoms with Crippen LogP contribution in [-0.2, 0) is 27.0 Å². The number of hydrogen-bond donors (Lipinski definition) is 2. The first-order valence-corrected chi connectivity index (χ1v) is 9.10. The first-order valence-electron chi connectivity index (χ1n) is 8.69. The van der Waals surface area contributed by atoms with Crippen molar-refractivity contribution in [2.75, 3.05) is 7.11 Å². The van der Waals surface area contributed by atoms with Crippen LogP contribution < -0.4 is 5.32 Å². The van der Waals surface area contributed by atoms with Crippen molar-refractivity contribution in [3.8, 4) is 0 Å². The maximum atomic E-state index is 12.9. The number of amides is 1. The van der Waals surface area contributed by atoms with Gasteiger partial charge in [-0.05, 0) is 57.6 Å². The van der Waals surface area contributed by atoms with Crippen LogP contribution >= 0.6 is 12.2 Å². The van der Waals surface area contributed by atoms with Crippen LogP contribution in [0.2, 0.25) is 0 Å². The number of alkyl carbamates (subject to hydrolysis) is 1. The van der Waals surface area contributed by atoms with E-state index in [0.717, 1.165) is 12.1 Å². The van der Waals surface area contributed by atoms with Crippen molar-refractivity contribution in [3.63, 3.8) is 0 Å². The molecule has 1 atom stereocenters. The van der Waals surface area contributed by atoms with Gasteiger partial charge in [-0.1, -0.05) is 0 Å². The third-order valence-electron chi connectivity index (χ3n) is 3.92. The summed E-state index contributed by atoms with van der Waals surface area (Å²) in [5.74, 6) is -0.679. The molecule has 2 N–H and O–H groups in total. The number of carbonyl (C=O) groups is 2. The minimum absolute atomic E-state index is 0.0915. The van der Waals surface area contributed by atoms with Gasteiger partial charge in [-0.2, -0.15) is 13.2 Å². The van der Waals surface area contributed by atoms with Crippen LogP contribution in [0.5, 0.6) is 0 Å². The number of halogens is 3. The number of rotatable bonds is 5. The Morgan fingerprint density at radius 3 is 2.48 bits per heavy atom. The molecule has 2 rings (SSSR count). The van der Waals surface area contributed by atoms with Crippen molar-refractivity contribution in [2.45, 2.75) is 51.6 Å². The summed E-state index contributed by atoms with van der Waals surface area (Å²) >= 11 is 5.19. The first kappa shape index (κ1) is 22.7. The molecule has 0 saturated carbocycles. The van der Waals surface area contributed by atoms with Crippen molar-refractivity contribution in [2.24, 2.45) is 0 Å². The number of nitrogens with one attached hydrogen (secondary N) is 2. The molecule has 0 aliphatic carbocycles. The quantitative estimate of drug-likeness (QED) is 0.546. The summed E-state index contributed by atoms with van der Waals surface area (Å²) in [6, 6.07) is 2.21. The highest BCUT2D eigenvalue weighted by atomic mass is 32.1. The molecule has 0 bridgehead atoms. The number of ether oxygens (including phenoxy) is 2.